The molecule has 0 unspecified atom stereocenters. The van der Waals surface area contributed by atoms with Crippen molar-refractivity contribution in [2.45, 2.75) is 47.6 Å². The second kappa shape index (κ2) is 7.29. The minimum atomic E-state index is -8.62. The summed E-state index contributed by atoms with van der Waals surface area (Å²) in [6, 6.07) is 0. The molecule has 0 spiro atoms. The van der Waals surface area contributed by atoms with Gasteiger partial charge in [0.15, 0.2) is 0 Å². The predicted octanol–water partition coefficient (Wildman–Crippen LogP) is 7.63. The second-order valence-corrected chi connectivity index (χ2v) is 6.29. The maximum atomic E-state index is 13.3. The van der Waals surface area contributed by atoms with Gasteiger partial charge in [-0.05, 0) is 20.9 Å². The lowest BCUT2D eigenvalue weighted by atomic mass is 9.89. The molecule has 0 bridgehead atoms. The van der Waals surface area contributed by atoms with Gasteiger partial charge >= 0.3 is 47.6 Å². The van der Waals surface area contributed by atoms with E-state index in [1.54, 1.807) is 0 Å². The summed E-state index contributed by atoms with van der Waals surface area (Å²) in [4.78, 5) is -0.375. The average molecular weight is 604 g/mol. The summed E-state index contributed by atoms with van der Waals surface area (Å²) >= 11 is 3.28. The summed E-state index contributed by atoms with van der Waals surface area (Å²) in [5.74, 6) is -56.4. The summed E-state index contributed by atoms with van der Waals surface area (Å²) in [6.07, 6.45) is -7.76. The van der Waals surface area contributed by atoms with Crippen LogP contribution in [0.2, 0.25) is 0 Å². The van der Waals surface area contributed by atoms with Crippen LogP contribution in [0.5, 0.6) is 0 Å². The Hall–Kier alpha value is -0.490. The van der Waals surface area contributed by atoms with Gasteiger partial charge in [-0.1, -0.05) is 15.9 Å². The molecule has 0 atom stereocenters. The van der Waals surface area contributed by atoms with E-state index in [1.807, 2.05) is 15.9 Å². The van der Waals surface area contributed by atoms with Gasteiger partial charge in [0.2, 0.25) is 0 Å². The third-order valence-electron chi connectivity index (χ3n) is 3.12. The molecule has 0 aliphatic heterocycles. The highest BCUT2D eigenvalue weighted by atomic mass is 79.9. The van der Waals surface area contributed by atoms with Crippen LogP contribution in [0.4, 0.5) is 74.6 Å². The fraction of sp³-hybridized carbons (Fsp3) is 0.800. The molecule has 0 radical (unpaired) electrons. The number of allylic oxidation sites excluding steroid dienone is 1. The first-order valence-corrected chi connectivity index (χ1v) is 7.62. The van der Waals surface area contributed by atoms with Gasteiger partial charge in [0, 0.05) is 0 Å². The van der Waals surface area contributed by atoms with Gasteiger partial charge in [0.1, 0.15) is 0 Å². The van der Waals surface area contributed by atoms with Gasteiger partial charge in [-0.25, -0.2) is 0 Å². The van der Waals surface area contributed by atoms with Gasteiger partial charge in [0.25, 0.3) is 0 Å². The zero-order chi connectivity index (χ0) is 24.3. The molecule has 0 N–H and O–H groups in total. The SMILES string of the molecule is FC(F)(F)C(F)(F)C(F)(F)C(F)(F)C(F)(F)C(F)(F)C(F)(F)C(F)(F)C(Br)=CBr. The summed E-state index contributed by atoms with van der Waals surface area (Å²) in [5, 5.41) is 0. The molecule has 19 heteroatoms. The van der Waals surface area contributed by atoms with Crippen LogP contribution in [0.3, 0.4) is 0 Å². The van der Waals surface area contributed by atoms with E-state index in [9.17, 15) is 74.6 Å². The zero-order valence-corrected chi connectivity index (χ0v) is 15.4. The number of hydrogen-bond acceptors (Lipinski definition) is 0. The first kappa shape index (κ1) is 28.5. The lowest BCUT2D eigenvalue weighted by molar-refractivity contribution is -0.459. The maximum Gasteiger partial charge on any atom is 0.460 e. The van der Waals surface area contributed by atoms with Crippen LogP contribution in [-0.4, -0.2) is 47.6 Å². The van der Waals surface area contributed by atoms with E-state index < -0.39 is 52.1 Å². The summed E-state index contributed by atoms with van der Waals surface area (Å²) in [5.41, 5.74) is 0. The molecule has 0 fully saturated rings. The monoisotopic (exact) mass is 602 g/mol. The quantitative estimate of drug-likeness (QED) is 0.263. The van der Waals surface area contributed by atoms with Gasteiger partial charge in [-0.15, -0.1) is 0 Å². The van der Waals surface area contributed by atoms with Crippen molar-refractivity contribution in [3.8, 4) is 0 Å². The van der Waals surface area contributed by atoms with Crippen molar-refractivity contribution in [1.29, 1.82) is 0 Å². The standard InChI is InChI=1S/C10HBr2F17/c11-1-2(12)3(13,14)4(15,16)5(17,18)6(19,20)7(21,22)8(23,24)9(25,26)10(27,28)29/h1H. The second-order valence-electron chi connectivity index (χ2n) is 4.98. The summed E-state index contributed by atoms with van der Waals surface area (Å²) in [7, 11) is 0. The van der Waals surface area contributed by atoms with Crippen LogP contribution >= 0.6 is 31.9 Å². The van der Waals surface area contributed by atoms with Crippen molar-refractivity contribution in [3.05, 3.63) is 9.47 Å². The zero-order valence-electron chi connectivity index (χ0n) is 12.3. The highest BCUT2D eigenvalue weighted by molar-refractivity contribution is 9.14. The van der Waals surface area contributed by atoms with Gasteiger partial charge in [-0.2, -0.15) is 74.6 Å². The minimum absolute atomic E-state index is 0.375. The van der Waals surface area contributed by atoms with Crippen LogP contribution in [0.15, 0.2) is 9.47 Å². The van der Waals surface area contributed by atoms with Crippen molar-refractivity contribution in [2.24, 2.45) is 0 Å². The smallest absolute Gasteiger partial charge is 0.193 e. The molecule has 0 heterocycles. The van der Waals surface area contributed by atoms with E-state index in [0.717, 1.165) is 0 Å². The molecule has 0 aliphatic rings. The van der Waals surface area contributed by atoms with Gasteiger partial charge in [-0.3, -0.25) is 0 Å². The Bertz CT molecular complexity index is 643. The first-order valence-electron chi connectivity index (χ1n) is 5.91. The fourth-order valence-corrected chi connectivity index (χ4v) is 1.92. The molecule has 174 valence electrons. The van der Waals surface area contributed by atoms with E-state index in [-0.39, 0.29) is 4.99 Å². The Kier molecular flexibility index (Phi) is 7.16. The molecule has 0 rings (SSSR count). The number of rotatable bonds is 7. The summed E-state index contributed by atoms with van der Waals surface area (Å²) < 4.78 is 216. The topological polar surface area (TPSA) is 0 Å². The normalized spacial score (nSPS) is 17.0. The number of halogens is 19. The fourth-order valence-electron chi connectivity index (χ4n) is 1.38. The van der Waals surface area contributed by atoms with E-state index in [1.165, 1.54) is 15.9 Å². The predicted molar refractivity (Wildman–Crippen MR) is 66.6 cm³/mol. The third-order valence-corrected chi connectivity index (χ3v) is 4.92. The first-order chi connectivity index (χ1) is 12.2. The average Bonchev–Trinajstić information content (AvgIpc) is 2.51. The molecule has 0 aromatic rings. The highest BCUT2D eigenvalue weighted by Crippen LogP contribution is 2.64. The van der Waals surface area contributed by atoms with E-state index in [4.69, 9.17) is 0 Å². The molecule has 0 saturated heterocycles. The Balaban J connectivity index is 6.81. The van der Waals surface area contributed by atoms with Crippen LogP contribution in [0.25, 0.3) is 0 Å². The van der Waals surface area contributed by atoms with E-state index in [2.05, 4.69) is 0 Å². The van der Waals surface area contributed by atoms with Crippen molar-refractivity contribution in [3.63, 3.8) is 0 Å². The Labute approximate surface area is 164 Å². The molecular weight excluding hydrogens is 603 g/mol. The summed E-state index contributed by atoms with van der Waals surface area (Å²) in [6.45, 7) is 0. The Morgan fingerprint density at radius 3 is 0.931 bits per heavy atom. The third kappa shape index (κ3) is 3.60. The molecule has 0 nitrogen and oxygen atoms in total. The van der Waals surface area contributed by atoms with Crippen LogP contribution in [-0.2, 0) is 0 Å². The lowest BCUT2D eigenvalue weighted by Crippen LogP contribution is -2.74. The molecular formula is C10HBr2F17. The molecule has 29 heavy (non-hydrogen) atoms. The minimum Gasteiger partial charge on any atom is -0.193 e. The van der Waals surface area contributed by atoms with E-state index >= 15 is 0 Å². The van der Waals surface area contributed by atoms with E-state index in [0.29, 0.717) is 0 Å². The Morgan fingerprint density at radius 1 is 0.448 bits per heavy atom. The Morgan fingerprint density at radius 2 is 0.690 bits per heavy atom. The number of hydrogen-bond donors (Lipinski definition) is 0. The van der Waals surface area contributed by atoms with Crippen molar-refractivity contribution < 1.29 is 74.6 Å². The van der Waals surface area contributed by atoms with Crippen molar-refractivity contribution in [1.82, 2.24) is 0 Å². The maximum absolute atomic E-state index is 13.3. The molecule has 0 aromatic carbocycles. The van der Waals surface area contributed by atoms with Crippen molar-refractivity contribution in [2.75, 3.05) is 0 Å². The van der Waals surface area contributed by atoms with Crippen LogP contribution in [0, 0.1) is 0 Å². The molecule has 0 amide bonds. The molecule has 0 aromatic heterocycles. The number of alkyl halides is 17. The largest absolute Gasteiger partial charge is 0.460 e. The van der Waals surface area contributed by atoms with Crippen LogP contribution < -0.4 is 0 Å². The molecule has 0 saturated carbocycles. The van der Waals surface area contributed by atoms with Gasteiger partial charge < -0.3 is 0 Å². The van der Waals surface area contributed by atoms with Gasteiger partial charge in [0.05, 0.1) is 4.48 Å². The highest BCUT2D eigenvalue weighted by Gasteiger charge is 2.95. The van der Waals surface area contributed by atoms with Crippen LogP contribution in [0.1, 0.15) is 0 Å². The molecule has 0 aliphatic carbocycles. The lowest BCUT2D eigenvalue weighted by Gasteiger charge is -2.42. The van der Waals surface area contributed by atoms with Crippen molar-refractivity contribution >= 4 is 31.9 Å².